The molecular formula is C13H12Cl2N2. The summed E-state index contributed by atoms with van der Waals surface area (Å²) < 4.78 is 0. The Balaban J connectivity index is 2.63. The molecule has 0 aliphatic rings. The Morgan fingerprint density at radius 1 is 1.12 bits per heavy atom. The average Bonchev–Trinajstić information content (AvgIpc) is 2.28. The predicted octanol–water partition coefficient (Wildman–Crippen LogP) is 4.57. The molecule has 88 valence electrons. The molecule has 4 heteroatoms. The first-order valence-electron chi connectivity index (χ1n) is 5.36. The maximum Gasteiger partial charge on any atom is 0.136 e. The highest BCUT2D eigenvalue weighted by atomic mass is 35.5. The van der Waals surface area contributed by atoms with Gasteiger partial charge in [0, 0.05) is 16.1 Å². The number of hydrogen-bond acceptors (Lipinski definition) is 2. The Kier molecular flexibility index (Phi) is 3.65. The Labute approximate surface area is 111 Å². The quantitative estimate of drug-likeness (QED) is 0.744. The van der Waals surface area contributed by atoms with Gasteiger partial charge in [-0.15, -0.1) is 0 Å². The van der Waals surface area contributed by atoms with Gasteiger partial charge >= 0.3 is 0 Å². The molecular weight excluding hydrogens is 255 g/mol. The highest BCUT2D eigenvalue weighted by Gasteiger charge is 2.14. The van der Waals surface area contributed by atoms with Crippen LogP contribution in [-0.4, -0.2) is 9.97 Å². The summed E-state index contributed by atoms with van der Waals surface area (Å²) in [5.74, 6) is 0.262. The molecule has 0 unspecified atom stereocenters. The van der Waals surface area contributed by atoms with Crippen LogP contribution in [0.15, 0.2) is 30.6 Å². The van der Waals surface area contributed by atoms with E-state index in [0.717, 1.165) is 16.8 Å². The van der Waals surface area contributed by atoms with Gasteiger partial charge in [-0.1, -0.05) is 49.2 Å². The topological polar surface area (TPSA) is 25.8 Å². The molecule has 0 amide bonds. The monoisotopic (exact) mass is 266 g/mol. The summed E-state index contributed by atoms with van der Waals surface area (Å²) in [6, 6.07) is 7.59. The lowest BCUT2D eigenvalue weighted by molar-refractivity contribution is 0.850. The molecule has 0 saturated carbocycles. The largest absolute Gasteiger partial charge is 0.236 e. The van der Waals surface area contributed by atoms with Gasteiger partial charge in [0.1, 0.15) is 11.5 Å². The Morgan fingerprint density at radius 3 is 2.53 bits per heavy atom. The van der Waals surface area contributed by atoms with Crippen LogP contribution in [-0.2, 0) is 0 Å². The fourth-order valence-corrected chi connectivity index (χ4v) is 2.29. The van der Waals surface area contributed by atoms with Gasteiger partial charge in [0.05, 0.1) is 5.69 Å². The number of aromatic nitrogens is 2. The molecule has 0 bridgehead atoms. The summed E-state index contributed by atoms with van der Waals surface area (Å²) in [7, 11) is 0. The third-order valence-corrected chi connectivity index (χ3v) is 3.05. The minimum Gasteiger partial charge on any atom is -0.236 e. The van der Waals surface area contributed by atoms with Crippen LogP contribution in [0.3, 0.4) is 0 Å². The van der Waals surface area contributed by atoms with E-state index in [2.05, 4.69) is 23.8 Å². The molecule has 0 aliphatic carbocycles. The minimum absolute atomic E-state index is 0.262. The number of nitrogens with zero attached hydrogens (tertiary/aromatic N) is 2. The Morgan fingerprint density at radius 2 is 1.88 bits per heavy atom. The molecule has 0 saturated heterocycles. The standard InChI is InChI=1S/C13H12Cl2N2/c1-8(2)11-12(16-7-17-13(11)15)9-4-3-5-10(14)6-9/h3-8H,1-2H3. The summed E-state index contributed by atoms with van der Waals surface area (Å²) in [6.45, 7) is 4.14. The van der Waals surface area contributed by atoms with Crippen molar-refractivity contribution in [1.29, 1.82) is 0 Å². The van der Waals surface area contributed by atoms with Gasteiger partial charge in [-0.2, -0.15) is 0 Å². The normalized spacial score (nSPS) is 10.9. The van der Waals surface area contributed by atoms with Crippen molar-refractivity contribution in [1.82, 2.24) is 9.97 Å². The maximum absolute atomic E-state index is 6.13. The first kappa shape index (κ1) is 12.3. The summed E-state index contributed by atoms with van der Waals surface area (Å²) in [4.78, 5) is 8.35. The van der Waals surface area contributed by atoms with Crippen molar-refractivity contribution in [3.05, 3.63) is 46.3 Å². The summed E-state index contributed by atoms with van der Waals surface area (Å²) in [5, 5.41) is 1.19. The third kappa shape index (κ3) is 2.59. The first-order chi connectivity index (χ1) is 8.09. The molecule has 0 aliphatic heterocycles. The zero-order chi connectivity index (χ0) is 12.4. The van der Waals surface area contributed by atoms with E-state index in [0.29, 0.717) is 10.2 Å². The van der Waals surface area contributed by atoms with Gasteiger partial charge in [0.2, 0.25) is 0 Å². The molecule has 1 aromatic carbocycles. The number of benzene rings is 1. The van der Waals surface area contributed by atoms with Crippen molar-refractivity contribution < 1.29 is 0 Å². The molecule has 0 atom stereocenters. The van der Waals surface area contributed by atoms with Crippen molar-refractivity contribution >= 4 is 23.2 Å². The van der Waals surface area contributed by atoms with E-state index in [1.165, 1.54) is 6.33 Å². The molecule has 0 N–H and O–H groups in total. The second-order valence-electron chi connectivity index (χ2n) is 4.09. The van der Waals surface area contributed by atoms with Gasteiger partial charge in [-0.25, -0.2) is 9.97 Å². The predicted molar refractivity (Wildman–Crippen MR) is 71.6 cm³/mol. The van der Waals surface area contributed by atoms with Crippen LogP contribution in [0, 0.1) is 0 Å². The minimum atomic E-state index is 0.262. The molecule has 17 heavy (non-hydrogen) atoms. The van der Waals surface area contributed by atoms with Crippen LogP contribution < -0.4 is 0 Å². The number of rotatable bonds is 2. The fraction of sp³-hybridized carbons (Fsp3) is 0.231. The molecule has 1 heterocycles. The highest BCUT2D eigenvalue weighted by Crippen LogP contribution is 2.32. The third-order valence-electron chi connectivity index (χ3n) is 2.51. The van der Waals surface area contributed by atoms with Crippen molar-refractivity contribution in [2.45, 2.75) is 19.8 Å². The second-order valence-corrected chi connectivity index (χ2v) is 4.89. The van der Waals surface area contributed by atoms with E-state index < -0.39 is 0 Å². The van der Waals surface area contributed by atoms with Crippen molar-refractivity contribution in [2.75, 3.05) is 0 Å². The molecule has 0 spiro atoms. The van der Waals surface area contributed by atoms with Crippen molar-refractivity contribution in [3.8, 4) is 11.3 Å². The van der Waals surface area contributed by atoms with Gasteiger partial charge < -0.3 is 0 Å². The Hall–Kier alpha value is -1.12. The van der Waals surface area contributed by atoms with E-state index in [9.17, 15) is 0 Å². The van der Waals surface area contributed by atoms with Gasteiger partial charge in [-0.3, -0.25) is 0 Å². The van der Waals surface area contributed by atoms with Crippen LogP contribution in [0.25, 0.3) is 11.3 Å². The van der Waals surface area contributed by atoms with E-state index in [1.54, 1.807) is 0 Å². The summed E-state index contributed by atoms with van der Waals surface area (Å²) >= 11 is 12.1. The maximum atomic E-state index is 6.13. The smallest absolute Gasteiger partial charge is 0.136 e. The highest BCUT2D eigenvalue weighted by molar-refractivity contribution is 6.31. The SMILES string of the molecule is CC(C)c1c(Cl)ncnc1-c1cccc(Cl)c1. The molecule has 2 nitrogen and oxygen atoms in total. The van der Waals surface area contributed by atoms with Crippen LogP contribution in [0.4, 0.5) is 0 Å². The molecule has 0 fully saturated rings. The average molecular weight is 267 g/mol. The summed E-state index contributed by atoms with van der Waals surface area (Å²) in [5.41, 5.74) is 2.77. The lowest BCUT2D eigenvalue weighted by Crippen LogP contribution is -1.98. The zero-order valence-corrected chi connectivity index (χ0v) is 11.1. The zero-order valence-electron chi connectivity index (χ0n) is 9.61. The van der Waals surface area contributed by atoms with E-state index in [-0.39, 0.29) is 5.92 Å². The van der Waals surface area contributed by atoms with Crippen molar-refractivity contribution in [2.24, 2.45) is 0 Å². The van der Waals surface area contributed by atoms with Crippen molar-refractivity contribution in [3.63, 3.8) is 0 Å². The van der Waals surface area contributed by atoms with Crippen LogP contribution in [0.1, 0.15) is 25.3 Å². The lowest BCUT2D eigenvalue weighted by atomic mass is 9.99. The van der Waals surface area contributed by atoms with Crippen LogP contribution in [0.2, 0.25) is 10.2 Å². The Bertz CT molecular complexity index is 539. The molecule has 2 aromatic rings. The van der Waals surface area contributed by atoms with Gasteiger partial charge in [-0.05, 0) is 18.1 Å². The fourth-order valence-electron chi connectivity index (χ4n) is 1.75. The first-order valence-corrected chi connectivity index (χ1v) is 6.11. The lowest BCUT2D eigenvalue weighted by Gasteiger charge is -2.12. The second kappa shape index (κ2) is 5.03. The van der Waals surface area contributed by atoms with Crippen LogP contribution >= 0.6 is 23.2 Å². The van der Waals surface area contributed by atoms with Gasteiger partial charge in [0.15, 0.2) is 0 Å². The number of halogens is 2. The van der Waals surface area contributed by atoms with E-state index >= 15 is 0 Å². The van der Waals surface area contributed by atoms with Gasteiger partial charge in [0.25, 0.3) is 0 Å². The van der Waals surface area contributed by atoms with Crippen LogP contribution in [0.5, 0.6) is 0 Å². The molecule has 0 radical (unpaired) electrons. The van der Waals surface area contributed by atoms with E-state index in [1.807, 2.05) is 24.3 Å². The summed E-state index contributed by atoms with van der Waals surface area (Å²) in [6.07, 6.45) is 1.48. The molecule has 1 aromatic heterocycles. The number of hydrogen-bond donors (Lipinski definition) is 0. The molecule has 2 rings (SSSR count). The van der Waals surface area contributed by atoms with E-state index in [4.69, 9.17) is 23.2 Å².